The van der Waals surface area contributed by atoms with Gasteiger partial charge in [0.05, 0.1) is 7.11 Å². The number of pyridine rings is 1. The molecule has 2 aromatic heterocycles. The molecule has 7 heteroatoms. The largest absolute Gasteiger partial charge is 0.481 e. The fourth-order valence-electron chi connectivity index (χ4n) is 1.16. The van der Waals surface area contributed by atoms with Crippen molar-refractivity contribution < 1.29 is 4.74 Å². The molecule has 0 fully saturated rings. The molecule has 0 aliphatic carbocycles. The quantitative estimate of drug-likeness (QED) is 0.819. The number of anilines is 1. The van der Waals surface area contributed by atoms with Crippen LogP contribution in [0.2, 0.25) is 0 Å². The van der Waals surface area contributed by atoms with E-state index in [1.165, 1.54) is 11.3 Å². The van der Waals surface area contributed by atoms with Gasteiger partial charge in [0.1, 0.15) is 0 Å². The van der Waals surface area contributed by atoms with Crippen LogP contribution in [0.4, 0.5) is 5.13 Å². The number of aromatic amines is 1. The minimum Gasteiger partial charge on any atom is -0.481 e. The van der Waals surface area contributed by atoms with Crippen molar-refractivity contribution in [2.75, 3.05) is 12.4 Å². The van der Waals surface area contributed by atoms with Crippen LogP contribution in [0, 0.1) is 3.95 Å². The second-order valence-electron chi connectivity index (χ2n) is 2.98. The lowest BCUT2D eigenvalue weighted by molar-refractivity contribution is 0.397. The molecule has 0 aliphatic heterocycles. The van der Waals surface area contributed by atoms with Crippen LogP contribution in [0.15, 0.2) is 18.3 Å². The van der Waals surface area contributed by atoms with E-state index in [-0.39, 0.29) is 0 Å². The average molecular weight is 254 g/mol. The Kier molecular flexibility index (Phi) is 3.47. The molecule has 84 valence electrons. The number of aromatic nitrogens is 3. The lowest BCUT2D eigenvalue weighted by atomic mass is 10.3. The van der Waals surface area contributed by atoms with Gasteiger partial charge in [0, 0.05) is 18.8 Å². The Labute approximate surface area is 102 Å². The SMILES string of the molecule is COc1cc(CNc2n[nH]c(=S)s2)ccn1. The van der Waals surface area contributed by atoms with E-state index in [0.717, 1.165) is 10.7 Å². The maximum atomic E-state index is 5.04. The highest BCUT2D eigenvalue weighted by Crippen LogP contribution is 2.14. The standard InChI is InChI=1S/C9H10N4OS2/c1-14-7-4-6(2-3-10-7)5-11-8-12-13-9(15)16-8/h2-4H,5H2,1H3,(H,11,12)(H,13,15). The van der Waals surface area contributed by atoms with Gasteiger partial charge in [-0.3, -0.25) is 5.10 Å². The fourth-order valence-corrected chi connectivity index (χ4v) is 1.94. The number of nitrogens with zero attached hydrogens (tertiary/aromatic N) is 2. The molecule has 16 heavy (non-hydrogen) atoms. The smallest absolute Gasteiger partial charge is 0.213 e. The maximum absolute atomic E-state index is 5.04. The topological polar surface area (TPSA) is 62.8 Å². The number of rotatable bonds is 4. The normalized spacial score (nSPS) is 10.1. The molecule has 2 heterocycles. The number of ether oxygens (including phenoxy) is 1. The van der Waals surface area contributed by atoms with E-state index < -0.39 is 0 Å². The lowest BCUT2D eigenvalue weighted by Gasteiger charge is -2.03. The second-order valence-corrected chi connectivity index (χ2v) is 4.64. The Balaban J connectivity index is 2.01. The Morgan fingerprint density at radius 2 is 2.50 bits per heavy atom. The van der Waals surface area contributed by atoms with Gasteiger partial charge in [0.25, 0.3) is 0 Å². The molecule has 2 N–H and O–H groups in total. The molecule has 0 saturated carbocycles. The molecule has 0 amide bonds. The van der Waals surface area contributed by atoms with Crippen molar-refractivity contribution in [1.29, 1.82) is 0 Å². The van der Waals surface area contributed by atoms with Crippen LogP contribution in [0.5, 0.6) is 5.88 Å². The van der Waals surface area contributed by atoms with Crippen molar-refractivity contribution in [1.82, 2.24) is 15.2 Å². The molecule has 0 saturated heterocycles. The Morgan fingerprint density at radius 1 is 1.62 bits per heavy atom. The van der Waals surface area contributed by atoms with Crippen molar-refractivity contribution >= 4 is 28.7 Å². The molecule has 0 aromatic carbocycles. The van der Waals surface area contributed by atoms with Gasteiger partial charge in [0.15, 0.2) is 3.95 Å². The summed E-state index contributed by atoms with van der Waals surface area (Å²) in [7, 11) is 1.60. The number of methoxy groups -OCH3 is 1. The van der Waals surface area contributed by atoms with Crippen molar-refractivity contribution in [2.45, 2.75) is 6.54 Å². The zero-order valence-corrected chi connectivity index (χ0v) is 10.2. The first-order valence-corrected chi connectivity index (χ1v) is 5.78. The molecule has 0 radical (unpaired) electrons. The summed E-state index contributed by atoms with van der Waals surface area (Å²) < 4.78 is 5.70. The third-order valence-corrected chi connectivity index (χ3v) is 2.94. The van der Waals surface area contributed by atoms with E-state index in [9.17, 15) is 0 Å². The maximum Gasteiger partial charge on any atom is 0.213 e. The van der Waals surface area contributed by atoms with Crippen LogP contribution < -0.4 is 10.1 Å². The molecule has 0 atom stereocenters. The van der Waals surface area contributed by atoms with Crippen LogP contribution in [0.25, 0.3) is 0 Å². The summed E-state index contributed by atoms with van der Waals surface area (Å²) in [6.45, 7) is 0.662. The molecule has 0 spiro atoms. The zero-order valence-electron chi connectivity index (χ0n) is 8.56. The highest BCUT2D eigenvalue weighted by atomic mass is 32.1. The summed E-state index contributed by atoms with van der Waals surface area (Å²) in [6.07, 6.45) is 1.71. The van der Waals surface area contributed by atoms with Gasteiger partial charge >= 0.3 is 0 Å². The summed E-state index contributed by atoms with van der Waals surface area (Å²) in [5.74, 6) is 0.606. The summed E-state index contributed by atoms with van der Waals surface area (Å²) in [5.41, 5.74) is 1.08. The van der Waals surface area contributed by atoms with Crippen LogP contribution in [0.1, 0.15) is 5.56 Å². The van der Waals surface area contributed by atoms with Crippen LogP contribution in [-0.4, -0.2) is 22.3 Å². The molecular weight excluding hydrogens is 244 g/mol. The third kappa shape index (κ3) is 2.77. The Morgan fingerprint density at radius 3 is 3.19 bits per heavy atom. The van der Waals surface area contributed by atoms with E-state index in [1.54, 1.807) is 13.3 Å². The second kappa shape index (κ2) is 5.04. The van der Waals surface area contributed by atoms with Crippen LogP contribution in [-0.2, 0) is 6.54 Å². The van der Waals surface area contributed by atoms with Crippen molar-refractivity contribution in [3.8, 4) is 5.88 Å². The van der Waals surface area contributed by atoms with E-state index in [4.69, 9.17) is 17.0 Å². The van der Waals surface area contributed by atoms with Gasteiger partial charge in [-0.2, -0.15) is 0 Å². The van der Waals surface area contributed by atoms with Crippen molar-refractivity contribution in [3.63, 3.8) is 0 Å². The number of nitrogens with one attached hydrogen (secondary N) is 2. The molecule has 2 aromatic rings. The molecule has 0 unspecified atom stereocenters. The molecule has 0 aliphatic rings. The van der Waals surface area contributed by atoms with Crippen molar-refractivity contribution in [2.24, 2.45) is 0 Å². The molecule has 5 nitrogen and oxygen atoms in total. The first-order chi connectivity index (χ1) is 7.78. The van der Waals surface area contributed by atoms with Crippen molar-refractivity contribution in [3.05, 3.63) is 27.8 Å². The van der Waals surface area contributed by atoms with Crippen LogP contribution in [0.3, 0.4) is 0 Å². The minimum atomic E-state index is 0.606. The summed E-state index contributed by atoms with van der Waals surface area (Å²) in [5, 5.41) is 10.7. The molecule has 0 bridgehead atoms. The number of hydrogen-bond donors (Lipinski definition) is 2. The third-order valence-electron chi connectivity index (χ3n) is 1.89. The van der Waals surface area contributed by atoms with Gasteiger partial charge < -0.3 is 10.1 Å². The van der Waals surface area contributed by atoms with E-state index in [0.29, 0.717) is 16.4 Å². The minimum absolute atomic E-state index is 0.606. The number of H-pyrrole nitrogens is 1. The first kappa shape index (κ1) is 11.0. The predicted molar refractivity (Wildman–Crippen MR) is 65.4 cm³/mol. The van der Waals surface area contributed by atoms with Gasteiger partial charge in [-0.1, -0.05) is 11.3 Å². The summed E-state index contributed by atoms with van der Waals surface area (Å²) in [6, 6.07) is 3.79. The zero-order chi connectivity index (χ0) is 11.4. The van der Waals surface area contributed by atoms with E-state index in [1.807, 2.05) is 12.1 Å². The first-order valence-electron chi connectivity index (χ1n) is 4.56. The number of hydrogen-bond acceptors (Lipinski definition) is 6. The van der Waals surface area contributed by atoms with Gasteiger partial charge in [-0.25, -0.2) is 4.98 Å². The highest BCUT2D eigenvalue weighted by Gasteiger charge is 1.99. The Bertz CT molecular complexity index is 522. The monoisotopic (exact) mass is 254 g/mol. The average Bonchev–Trinajstić information content (AvgIpc) is 2.73. The lowest BCUT2D eigenvalue weighted by Crippen LogP contribution is -1.99. The van der Waals surface area contributed by atoms with Gasteiger partial charge in [-0.15, -0.1) is 5.10 Å². The predicted octanol–water partition coefficient (Wildman–Crippen LogP) is 2.22. The summed E-state index contributed by atoms with van der Waals surface area (Å²) >= 11 is 6.34. The molecule has 2 rings (SSSR count). The highest BCUT2D eigenvalue weighted by molar-refractivity contribution is 7.73. The van der Waals surface area contributed by atoms with Crippen LogP contribution >= 0.6 is 23.6 Å². The fraction of sp³-hybridized carbons (Fsp3) is 0.222. The Hall–Kier alpha value is -1.47. The summed E-state index contributed by atoms with van der Waals surface area (Å²) in [4.78, 5) is 4.03. The van der Waals surface area contributed by atoms with E-state index >= 15 is 0 Å². The van der Waals surface area contributed by atoms with Gasteiger partial charge in [-0.05, 0) is 23.8 Å². The van der Waals surface area contributed by atoms with E-state index in [2.05, 4.69) is 20.5 Å². The van der Waals surface area contributed by atoms with Gasteiger partial charge in [0.2, 0.25) is 11.0 Å². The molecular formula is C9H10N4OS2.